The predicted octanol–water partition coefficient (Wildman–Crippen LogP) is 6.87. The van der Waals surface area contributed by atoms with Gasteiger partial charge in [-0.2, -0.15) is 10.4 Å². The van der Waals surface area contributed by atoms with E-state index in [9.17, 15) is 0 Å². The first-order valence-electron chi connectivity index (χ1n) is 12.4. The highest BCUT2D eigenvalue weighted by atomic mass is 19.3. The molecule has 3 nitrogen and oxygen atoms in total. The fourth-order valence-electron chi connectivity index (χ4n) is 8.50. The number of alkyl halides is 2. The van der Waals surface area contributed by atoms with Gasteiger partial charge in [0.1, 0.15) is 6.54 Å². The van der Waals surface area contributed by atoms with Gasteiger partial charge in [0.05, 0.1) is 6.07 Å². The Morgan fingerprint density at radius 2 is 1.90 bits per heavy atom. The summed E-state index contributed by atoms with van der Waals surface area (Å²) in [6.07, 6.45) is 11.7. The highest BCUT2D eigenvalue weighted by Crippen LogP contribution is 2.66. The molecular weight excluding hydrogens is 392 g/mol. The Labute approximate surface area is 186 Å². The van der Waals surface area contributed by atoms with Crippen molar-refractivity contribution in [3.8, 4) is 6.07 Å². The standard InChI is InChI=1S/C26H39F2N3/c1-17-5-7-20-19(13-17)6-8-22-21(20)11-12-25(3)23(22)9-10-24(25)26(27,28)16-31(30-4)15-18(2)14-29/h15,17,19-24H,4-13,16H2,1-3H3/b18-15+. The van der Waals surface area contributed by atoms with Crippen molar-refractivity contribution in [1.29, 1.82) is 5.26 Å². The number of hydrazone groups is 1. The van der Waals surface area contributed by atoms with Gasteiger partial charge in [-0.25, -0.2) is 8.78 Å². The molecule has 0 aliphatic heterocycles. The third-order valence-corrected chi connectivity index (χ3v) is 9.80. The Morgan fingerprint density at radius 3 is 2.61 bits per heavy atom. The van der Waals surface area contributed by atoms with Gasteiger partial charge in [-0.05, 0) is 99.2 Å². The average Bonchev–Trinajstić information content (AvgIpc) is 3.10. The lowest BCUT2D eigenvalue weighted by Gasteiger charge is -2.56. The molecular formula is C26H39F2N3. The monoisotopic (exact) mass is 431 g/mol. The summed E-state index contributed by atoms with van der Waals surface area (Å²) in [5, 5.41) is 13.9. The molecule has 4 aliphatic carbocycles. The molecule has 0 radical (unpaired) electrons. The summed E-state index contributed by atoms with van der Waals surface area (Å²) in [6.45, 7) is 9.13. The van der Waals surface area contributed by atoms with Gasteiger partial charge in [0.15, 0.2) is 0 Å². The summed E-state index contributed by atoms with van der Waals surface area (Å²) in [5.41, 5.74) is 0.0677. The minimum absolute atomic E-state index is 0.291. The summed E-state index contributed by atoms with van der Waals surface area (Å²) >= 11 is 0. The Hall–Kier alpha value is -1.44. The van der Waals surface area contributed by atoms with Crippen molar-refractivity contribution in [2.24, 2.45) is 51.9 Å². The fourth-order valence-corrected chi connectivity index (χ4v) is 8.50. The number of halogens is 2. The third kappa shape index (κ3) is 4.05. The maximum Gasteiger partial charge on any atom is 0.270 e. The van der Waals surface area contributed by atoms with E-state index in [4.69, 9.17) is 5.26 Å². The van der Waals surface area contributed by atoms with Gasteiger partial charge in [0.25, 0.3) is 5.92 Å². The fraction of sp³-hybridized carbons (Fsp3) is 0.846. The maximum atomic E-state index is 15.6. The lowest BCUT2D eigenvalue weighted by Crippen LogP contribution is -2.52. The van der Waals surface area contributed by atoms with Gasteiger partial charge >= 0.3 is 0 Å². The highest BCUT2D eigenvalue weighted by molar-refractivity contribution is 5.24. The first-order chi connectivity index (χ1) is 14.7. The molecule has 0 aromatic carbocycles. The van der Waals surface area contributed by atoms with Crippen molar-refractivity contribution in [3.63, 3.8) is 0 Å². The molecule has 8 unspecified atom stereocenters. The summed E-state index contributed by atoms with van der Waals surface area (Å²) in [6, 6.07) is 1.98. The topological polar surface area (TPSA) is 39.4 Å². The van der Waals surface area contributed by atoms with Crippen LogP contribution >= 0.6 is 0 Å². The minimum atomic E-state index is -2.85. The van der Waals surface area contributed by atoms with Crippen molar-refractivity contribution in [1.82, 2.24) is 5.01 Å². The Morgan fingerprint density at radius 1 is 1.16 bits per heavy atom. The van der Waals surface area contributed by atoms with E-state index in [0.29, 0.717) is 23.8 Å². The number of hydrogen-bond acceptors (Lipinski definition) is 3. The van der Waals surface area contributed by atoms with Crippen LogP contribution in [-0.2, 0) is 0 Å². The molecule has 4 fully saturated rings. The Kier molecular flexibility index (Phi) is 6.23. The number of fused-ring (bicyclic) bond motifs is 5. The summed E-state index contributed by atoms with van der Waals surface area (Å²) in [7, 11) is 0. The van der Waals surface area contributed by atoms with Gasteiger partial charge in [-0.1, -0.05) is 20.3 Å². The molecule has 4 saturated carbocycles. The summed E-state index contributed by atoms with van der Waals surface area (Å²) in [5.74, 6) is 0.975. The molecule has 5 heteroatoms. The Bertz CT molecular complexity index is 756. The van der Waals surface area contributed by atoms with E-state index in [1.807, 2.05) is 6.07 Å². The molecule has 0 heterocycles. The Balaban J connectivity index is 1.51. The molecule has 0 spiro atoms. The van der Waals surface area contributed by atoms with Crippen LogP contribution in [0.1, 0.15) is 78.6 Å². The van der Waals surface area contributed by atoms with E-state index in [1.54, 1.807) is 6.92 Å². The van der Waals surface area contributed by atoms with Crippen LogP contribution in [0, 0.1) is 58.2 Å². The van der Waals surface area contributed by atoms with Crippen molar-refractivity contribution >= 4 is 6.72 Å². The number of nitriles is 1. The second-order valence-corrected chi connectivity index (χ2v) is 11.5. The van der Waals surface area contributed by atoms with E-state index in [1.165, 1.54) is 38.3 Å². The largest absolute Gasteiger partial charge is 0.270 e. The minimum Gasteiger partial charge on any atom is -0.266 e. The zero-order valence-corrected chi connectivity index (χ0v) is 19.5. The molecule has 8 atom stereocenters. The van der Waals surface area contributed by atoms with Crippen molar-refractivity contribution < 1.29 is 8.78 Å². The second-order valence-electron chi connectivity index (χ2n) is 11.5. The molecule has 31 heavy (non-hydrogen) atoms. The van der Waals surface area contributed by atoms with E-state index >= 15 is 8.78 Å². The lowest BCUT2D eigenvalue weighted by atomic mass is 9.49. The molecule has 0 aromatic rings. The first-order valence-corrected chi connectivity index (χ1v) is 12.4. The van der Waals surface area contributed by atoms with Crippen LogP contribution in [0.25, 0.3) is 0 Å². The van der Waals surface area contributed by atoms with Crippen molar-refractivity contribution in [2.75, 3.05) is 6.54 Å². The number of rotatable bonds is 5. The van der Waals surface area contributed by atoms with E-state index in [2.05, 4.69) is 25.7 Å². The molecule has 0 saturated heterocycles. The number of nitrogens with zero attached hydrogens (tertiary/aromatic N) is 3. The van der Waals surface area contributed by atoms with Gasteiger partial charge in [0, 0.05) is 24.4 Å². The summed E-state index contributed by atoms with van der Waals surface area (Å²) < 4.78 is 31.3. The molecule has 4 rings (SSSR count). The molecule has 0 aromatic heterocycles. The normalized spacial score (nSPS) is 42.7. The van der Waals surface area contributed by atoms with Crippen molar-refractivity contribution in [2.45, 2.75) is 84.5 Å². The van der Waals surface area contributed by atoms with Gasteiger partial charge in [-0.3, -0.25) is 5.01 Å². The van der Waals surface area contributed by atoms with Gasteiger partial charge < -0.3 is 0 Å². The molecule has 172 valence electrons. The molecule has 0 bridgehead atoms. The van der Waals surface area contributed by atoms with Crippen LogP contribution in [0.3, 0.4) is 0 Å². The van der Waals surface area contributed by atoms with Crippen molar-refractivity contribution in [3.05, 3.63) is 11.8 Å². The summed E-state index contributed by atoms with van der Waals surface area (Å²) in [4.78, 5) is 0. The molecule has 0 amide bonds. The number of hydrogen-bond donors (Lipinski definition) is 0. The van der Waals surface area contributed by atoms with Crippen LogP contribution in [0.5, 0.6) is 0 Å². The second kappa shape index (κ2) is 8.49. The zero-order valence-electron chi connectivity index (χ0n) is 19.5. The quantitative estimate of drug-likeness (QED) is 0.271. The molecule has 4 aliphatic rings. The molecule has 0 N–H and O–H groups in total. The maximum absolute atomic E-state index is 15.6. The zero-order chi connectivity index (χ0) is 22.4. The van der Waals surface area contributed by atoms with E-state index in [-0.39, 0.29) is 5.41 Å². The lowest BCUT2D eigenvalue weighted by molar-refractivity contribution is -0.142. The van der Waals surface area contributed by atoms with Crippen LogP contribution in [0.15, 0.2) is 16.9 Å². The average molecular weight is 432 g/mol. The van der Waals surface area contributed by atoms with E-state index < -0.39 is 18.4 Å². The van der Waals surface area contributed by atoms with Gasteiger partial charge in [-0.15, -0.1) is 0 Å². The first kappa shape index (κ1) is 22.7. The van der Waals surface area contributed by atoms with Crippen LogP contribution in [-0.4, -0.2) is 24.2 Å². The van der Waals surface area contributed by atoms with E-state index in [0.717, 1.165) is 47.9 Å². The number of allylic oxidation sites excluding steroid dienone is 1. The third-order valence-electron chi connectivity index (χ3n) is 9.80. The van der Waals surface area contributed by atoms with Crippen LogP contribution in [0.2, 0.25) is 0 Å². The SMILES string of the molecule is C=NN(/C=C(\C)C#N)CC(F)(F)C1CCC2C3CCC4CC(C)CCC4C3CCC21C. The van der Waals surface area contributed by atoms with Gasteiger partial charge in [0.2, 0.25) is 0 Å². The predicted molar refractivity (Wildman–Crippen MR) is 120 cm³/mol. The highest BCUT2D eigenvalue weighted by Gasteiger charge is 2.62. The van der Waals surface area contributed by atoms with Crippen LogP contribution < -0.4 is 0 Å². The smallest absolute Gasteiger partial charge is 0.266 e. The van der Waals surface area contributed by atoms with Crippen LogP contribution in [0.4, 0.5) is 8.78 Å².